The summed E-state index contributed by atoms with van der Waals surface area (Å²) in [7, 11) is 0. The Morgan fingerprint density at radius 3 is 2.77 bits per heavy atom. The first-order chi connectivity index (χ1) is 6.11. The van der Waals surface area contributed by atoms with Gasteiger partial charge in [0.05, 0.1) is 0 Å². The molecule has 0 unspecified atom stereocenters. The summed E-state index contributed by atoms with van der Waals surface area (Å²) in [5.74, 6) is 0.498. The second-order valence-corrected chi connectivity index (χ2v) is 4.52. The Morgan fingerprint density at radius 2 is 2.38 bits per heavy atom. The van der Waals surface area contributed by atoms with E-state index < -0.39 is 0 Å². The quantitative estimate of drug-likeness (QED) is 0.711. The minimum Gasteiger partial charge on any atom is -0.368 e. The molecule has 0 radical (unpaired) electrons. The topological polar surface area (TPSA) is 59.6 Å². The maximum absolute atomic E-state index is 5.68. The van der Waals surface area contributed by atoms with Gasteiger partial charge >= 0.3 is 0 Å². The van der Waals surface area contributed by atoms with Crippen molar-refractivity contribution in [2.45, 2.75) is 32.7 Å². The number of aromatic amines is 1. The average molecular weight is 198 g/mol. The van der Waals surface area contributed by atoms with Crippen molar-refractivity contribution in [1.29, 1.82) is 0 Å². The van der Waals surface area contributed by atoms with Crippen molar-refractivity contribution < 1.29 is 0 Å². The number of nitrogens with one attached hydrogen (secondary N) is 1. The van der Waals surface area contributed by atoms with Gasteiger partial charge in [-0.15, -0.1) is 5.10 Å². The molecule has 13 heavy (non-hydrogen) atoms. The van der Waals surface area contributed by atoms with Gasteiger partial charge in [-0.05, 0) is 30.5 Å². The maximum atomic E-state index is 5.68. The van der Waals surface area contributed by atoms with Crippen molar-refractivity contribution in [3.8, 4) is 0 Å². The van der Waals surface area contributed by atoms with Gasteiger partial charge in [0.15, 0.2) is 4.77 Å². The van der Waals surface area contributed by atoms with Crippen LogP contribution >= 0.6 is 12.2 Å². The van der Waals surface area contributed by atoms with Gasteiger partial charge in [0.1, 0.15) is 0 Å². The molecule has 3 N–H and O–H groups in total. The lowest BCUT2D eigenvalue weighted by molar-refractivity contribution is 0.132. The highest BCUT2D eigenvalue weighted by molar-refractivity contribution is 7.71. The van der Waals surface area contributed by atoms with E-state index in [4.69, 9.17) is 18.0 Å². The van der Waals surface area contributed by atoms with Crippen LogP contribution in [0.4, 0.5) is 5.95 Å². The van der Waals surface area contributed by atoms with E-state index in [9.17, 15) is 0 Å². The normalized spacial score (nSPS) is 19.8. The van der Waals surface area contributed by atoms with Crippen molar-refractivity contribution in [3.05, 3.63) is 4.77 Å². The predicted octanol–water partition coefficient (Wildman–Crippen LogP) is 1.71. The highest BCUT2D eigenvalue weighted by Gasteiger charge is 2.32. The first-order valence-electron chi connectivity index (χ1n) is 4.51. The van der Waals surface area contributed by atoms with E-state index >= 15 is 0 Å². The second-order valence-electron chi connectivity index (χ2n) is 4.14. The van der Waals surface area contributed by atoms with Gasteiger partial charge in [-0.1, -0.05) is 13.3 Å². The summed E-state index contributed by atoms with van der Waals surface area (Å²) in [6.45, 7) is 3.17. The van der Waals surface area contributed by atoms with Crippen LogP contribution in [0.1, 0.15) is 26.2 Å². The Labute approximate surface area is 82.1 Å². The fourth-order valence-corrected chi connectivity index (χ4v) is 2.01. The summed E-state index contributed by atoms with van der Waals surface area (Å²) in [6, 6.07) is 0. The molecule has 0 bridgehead atoms. The standard InChI is InChI=1S/C8H14N4S/c1-8(3-2-4-8)5-12-6(9)10-11-7(12)13/h2-5H2,1H3,(H2,9,10)(H,11,13). The maximum Gasteiger partial charge on any atom is 0.220 e. The number of aromatic nitrogens is 3. The molecule has 1 aromatic rings. The van der Waals surface area contributed by atoms with E-state index in [1.54, 1.807) is 0 Å². The zero-order valence-corrected chi connectivity index (χ0v) is 8.52. The molecule has 2 rings (SSSR count). The van der Waals surface area contributed by atoms with E-state index in [2.05, 4.69) is 17.1 Å². The monoisotopic (exact) mass is 198 g/mol. The van der Waals surface area contributed by atoms with Crippen LogP contribution in [0, 0.1) is 10.2 Å². The Balaban J connectivity index is 2.22. The van der Waals surface area contributed by atoms with E-state index in [0.717, 1.165) is 6.54 Å². The summed E-state index contributed by atoms with van der Waals surface area (Å²) in [5.41, 5.74) is 6.07. The molecule has 1 aliphatic carbocycles. The van der Waals surface area contributed by atoms with Crippen LogP contribution in [0.25, 0.3) is 0 Å². The van der Waals surface area contributed by atoms with Crippen LogP contribution in [-0.2, 0) is 6.54 Å². The highest BCUT2D eigenvalue weighted by atomic mass is 32.1. The molecule has 0 atom stereocenters. The molecule has 0 saturated heterocycles. The van der Waals surface area contributed by atoms with E-state index in [-0.39, 0.29) is 0 Å². The fourth-order valence-electron chi connectivity index (χ4n) is 1.80. The van der Waals surface area contributed by atoms with Crippen LogP contribution in [0.3, 0.4) is 0 Å². The van der Waals surface area contributed by atoms with Gasteiger partial charge in [0.25, 0.3) is 0 Å². The van der Waals surface area contributed by atoms with Crippen LogP contribution in [-0.4, -0.2) is 14.8 Å². The fraction of sp³-hybridized carbons (Fsp3) is 0.750. The molecule has 1 saturated carbocycles. The number of rotatable bonds is 2. The van der Waals surface area contributed by atoms with Gasteiger partial charge in [0.2, 0.25) is 5.95 Å². The third kappa shape index (κ3) is 1.48. The second kappa shape index (κ2) is 2.83. The van der Waals surface area contributed by atoms with Gasteiger partial charge < -0.3 is 5.73 Å². The molecule has 72 valence electrons. The number of nitrogen functional groups attached to an aromatic ring is 1. The summed E-state index contributed by atoms with van der Waals surface area (Å²) < 4.78 is 2.51. The highest BCUT2D eigenvalue weighted by Crippen LogP contribution is 2.41. The van der Waals surface area contributed by atoms with Crippen LogP contribution in [0.2, 0.25) is 0 Å². The van der Waals surface area contributed by atoms with E-state index in [0.29, 0.717) is 16.1 Å². The number of H-pyrrole nitrogens is 1. The lowest BCUT2D eigenvalue weighted by Gasteiger charge is -2.38. The zero-order chi connectivity index (χ0) is 9.47. The SMILES string of the molecule is CC1(Cn2c(N)n[nH]c2=S)CCC1. The largest absolute Gasteiger partial charge is 0.368 e. The number of nitrogens with zero attached hydrogens (tertiary/aromatic N) is 2. The molecule has 1 fully saturated rings. The van der Waals surface area contributed by atoms with Crippen molar-refractivity contribution in [2.24, 2.45) is 5.41 Å². The molecular formula is C8H14N4S. The smallest absolute Gasteiger partial charge is 0.220 e. The molecule has 0 aromatic carbocycles. The Kier molecular flexibility index (Phi) is 1.91. The predicted molar refractivity (Wildman–Crippen MR) is 53.8 cm³/mol. The summed E-state index contributed by atoms with van der Waals surface area (Å²) in [5, 5.41) is 6.58. The number of nitrogens with two attached hydrogens (primary N) is 1. The van der Waals surface area contributed by atoms with Gasteiger partial charge in [-0.2, -0.15) is 0 Å². The first-order valence-corrected chi connectivity index (χ1v) is 4.92. The third-order valence-corrected chi connectivity index (χ3v) is 3.20. The van der Waals surface area contributed by atoms with Gasteiger partial charge in [-0.3, -0.25) is 4.57 Å². The van der Waals surface area contributed by atoms with Crippen LogP contribution in [0.15, 0.2) is 0 Å². The Hall–Kier alpha value is -0.840. The van der Waals surface area contributed by atoms with Crippen LogP contribution in [0.5, 0.6) is 0 Å². The number of anilines is 1. The van der Waals surface area contributed by atoms with Crippen molar-refractivity contribution in [3.63, 3.8) is 0 Å². The summed E-state index contributed by atoms with van der Waals surface area (Å²) >= 11 is 5.08. The lowest BCUT2D eigenvalue weighted by Crippen LogP contribution is -2.31. The zero-order valence-electron chi connectivity index (χ0n) is 7.71. The molecule has 0 aliphatic heterocycles. The number of hydrogen-bond donors (Lipinski definition) is 2. The molecule has 0 amide bonds. The molecule has 0 spiro atoms. The summed E-state index contributed by atoms with van der Waals surface area (Å²) in [6.07, 6.45) is 3.85. The first kappa shape index (κ1) is 8.74. The Bertz CT molecular complexity index is 360. The molecule has 1 aliphatic rings. The van der Waals surface area contributed by atoms with Gasteiger partial charge in [-0.25, -0.2) is 5.10 Å². The lowest BCUT2D eigenvalue weighted by atomic mass is 9.70. The Morgan fingerprint density at radius 1 is 1.69 bits per heavy atom. The van der Waals surface area contributed by atoms with E-state index in [1.165, 1.54) is 19.3 Å². The summed E-state index contributed by atoms with van der Waals surface area (Å²) in [4.78, 5) is 0. The van der Waals surface area contributed by atoms with Crippen molar-refractivity contribution in [1.82, 2.24) is 14.8 Å². The third-order valence-electron chi connectivity index (χ3n) is 2.89. The molecular weight excluding hydrogens is 184 g/mol. The molecule has 1 heterocycles. The van der Waals surface area contributed by atoms with Crippen molar-refractivity contribution in [2.75, 3.05) is 5.73 Å². The minimum atomic E-state index is 0.385. The number of hydrogen-bond acceptors (Lipinski definition) is 3. The molecule has 1 aromatic heterocycles. The van der Waals surface area contributed by atoms with Crippen LogP contribution < -0.4 is 5.73 Å². The van der Waals surface area contributed by atoms with E-state index in [1.807, 2.05) is 4.57 Å². The van der Waals surface area contributed by atoms with Crippen molar-refractivity contribution >= 4 is 18.2 Å². The average Bonchev–Trinajstić information content (AvgIpc) is 2.33. The van der Waals surface area contributed by atoms with Gasteiger partial charge in [0, 0.05) is 6.54 Å². The molecule has 5 heteroatoms. The molecule has 4 nitrogen and oxygen atoms in total. The minimum absolute atomic E-state index is 0.385.